The summed E-state index contributed by atoms with van der Waals surface area (Å²) in [6.07, 6.45) is 0. The van der Waals surface area contributed by atoms with Gasteiger partial charge >= 0.3 is 5.97 Å². The normalized spacial score (nSPS) is 11.1. The minimum atomic E-state index is -3.63. The van der Waals surface area contributed by atoms with Crippen LogP contribution in [0.3, 0.4) is 0 Å². The number of halogens is 1. The van der Waals surface area contributed by atoms with Crippen LogP contribution in [-0.4, -0.2) is 33.3 Å². The van der Waals surface area contributed by atoms with E-state index in [-0.39, 0.29) is 18.0 Å². The van der Waals surface area contributed by atoms with E-state index in [4.69, 9.17) is 4.74 Å². The van der Waals surface area contributed by atoms with Crippen LogP contribution in [0.4, 0.5) is 10.1 Å². The Bertz CT molecular complexity index is 527. The summed E-state index contributed by atoms with van der Waals surface area (Å²) in [6.45, 7) is 2.85. The van der Waals surface area contributed by atoms with Crippen LogP contribution >= 0.6 is 0 Å². The van der Waals surface area contributed by atoms with E-state index in [1.165, 1.54) is 19.1 Å². The summed E-state index contributed by atoms with van der Waals surface area (Å²) in [5, 5.41) is 0. The number of benzene rings is 1. The fourth-order valence-electron chi connectivity index (χ4n) is 1.44. The van der Waals surface area contributed by atoms with Crippen LogP contribution < -0.4 is 4.31 Å². The third-order valence-corrected chi connectivity index (χ3v) is 4.13. The quantitative estimate of drug-likeness (QED) is 0.745. The maximum absolute atomic E-state index is 12.9. The van der Waals surface area contributed by atoms with Crippen molar-refractivity contribution >= 4 is 21.7 Å². The first-order valence-electron chi connectivity index (χ1n) is 5.82. The molecule has 0 saturated heterocycles. The van der Waals surface area contributed by atoms with E-state index in [2.05, 4.69) is 0 Å². The Morgan fingerprint density at radius 1 is 1.26 bits per heavy atom. The molecule has 1 aromatic rings. The molecule has 0 amide bonds. The van der Waals surface area contributed by atoms with Gasteiger partial charge in [0.1, 0.15) is 12.4 Å². The lowest BCUT2D eigenvalue weighted by Gasteiger charge is -2.22. The molecule has 0 fully saturated rings. The van der Waals surface area contributed by atoms with Crippen LogP contribution in [0.5, 0.6) is 0 Å². The lowest BCUT2D eigenvalue weighted by molar-refractivity contribution is -0.141. The average Bonchev–Trinajstić information content (AvgIpc) is 2.37. The zero-order valence-electron chi connectivity index (χ0n) is 10.8. The van der Waals surface area contributed by atoms with Gasteiger partial charge in [0, 0.05) is 0 Å². The summed E-state index contributed by atoms with van der Waals surface area (Å²) in [5.41, 5.74) is 0.233. The van der Waals surface area contributed by atoms with E-state index >= 15 is 0 Å². The van der Waals surface area contributed by atoms with E-state index in [9.17, 15) is 17.6 Å². The van der Waals surface area contributed by atoms with Crippen LogP contribution in [0.15, 0.2) is 24.3 Å². The second kappa shape index (κ2) is 6.51. The third-order valence-electron chi connectivity index (χ3n) is 2.39. The Balaban J connectivity index is 3.06. The molecule has 0 bridgehead atoms. The predicted molar refractivity (Wildman–Crippen MR) is 69.8 cm³/mol. The minimum absolute atomic E-state index is 0.163. The summed E-state index contributed by atoms with van der Waals surface area (Å²) >= 11 is 0. The lowest BCUT2D eigenvalue weighted by Crippen LogP contribution is -2.37. The van der Waals surface area contributed by atoms with Gasteiger partial charge in [-0.1, -0.05) is 0 Å². The smallest absolute Gasteiger partial charge is 0.326 e. The van der Waals surface area contributed by atoms with Gasteiger partial charge in [0.25, 0.3) is 0 Å². The standard InChI is InChI=1S/C12H16FNO4S/c1-3-18-12(15)9-14(19(16,17)4-2)11-7-5-10(13)6-8-11/h5-8H,3-4,9H2,1-2H3. The van der Waals surface area contributed by atoms with Gasteiger partial charge in [0.15, 0.2) is 0 Å². The van der Waals surface area contributed by atoms with Gasteiger partial charge in [-0.05, 0) is 38.1 Å². The molecule has 1 aromatic carbocycles. The summed E-state index contributed by atoms with van der Waals surface area (Å²) in [5.74, 6) is -1.29. The summed E-state index contributed by atoms with van der Waals surface area (Å²) in [4.78, 5) is 11.5. The molecule has 0 saturated carbocycles. The van der Waals surface area contributed by atoms with Crippen molar-refractivity contribution in [3.8, 4) is 0 Å². The summed E-state index contributed by atoms with van der Waals surface area (Å²) in [6, 6.07) is 4.89. The van der Waals surface area contributed by atoms with Crippen molar-refractivity contribution in [3.63, 3.8) is 0 Å². The molecule has 0 spiro atoms. The molecule has 0 heterocycles. The highest BCUT2D eigenvalue weighted by molar-refractivity contribution is 7.92. The predicted octanol–water partition coefficient (Wildman–Crippen LogP) is 1.54. The topological polar surface area (TPSA) is 63.7 Å². The number of anilines is 1. The Morgan fingerprint density at radius 2 is 1.84 bits per heavy atom. The molecule has 1 rings (SSSR count). The van der Waals surface area contributed by atoms with Gasteiger partial charge in [-0.15, -0.1) is 0 Å². The highest BCUT2D eigenvalue weighted by Gasteiger charge is 2.23. The second-order valence-corrected chi connectivity index (χ2v) is 5.87. The molecule has 0 aliphatic heterocycles. The Morgan fingerprint density at radius 3 is 2.32 bits per heavy atom. The maximum Gasteiger partial charge on any atom is 0.326 e. The lowest BCUT2D eigenvalue weighted by atomic mass is 10.3. The van der Waals surface area contributed by atoms with E-state index in [0.29, 0.717) is 0 Å². The number of carbonyl (C=O) groups is 1. The first-order chi connectivity index (χ1) is 8.90. The van der Waals surface area contributed by atoms with Crippen molar-refractivity contribution in [1.82, 2.24) is 0 Å². The largest absolute Gasteiger partial charge is 0.465 e. The SMILES string of the molecule is CCOC(=O)CN(c1ccc(F)cc1)S(=O)(=O)CC. The van der Waals surface area contributed by atoms with Crippen molar-refractivity contribution in [3.05, 3.63) is 30.1 Å². The van der Waals surface area contributed by atoms with Crippen LogP contribution in [0.25, 0.3) is 0 Å². The number of esters is 1. The highest BCUT2D eigenvalue weighted by atomic mass is 32.2. The van der Waals surface area contributed by atoms with Crippen LogP contribution in [0.1, 0.15) is 13.8 Å². The summed E-state index contributed by atoms with van der Waals surface area (Å²) in [7, 11) is -3.63. The number of sulfonamides is 1. The molecule has 19 heavy (non-hydrogen) atoms. The first kappa shape index (κ1) is 15.4. The molecule has 0 radical (unpaired) electrons. The molecule has 0 aliphatic rings. The molecular weight excluding hydrogens is 273 g/mol. The molecule has 0 atom stereocenters. The number of hydrogen-bond donors (Lipinski definition) is 0. The monoisotopic (exact) mass is 289 g/mol. The fraction of sp³-hybridized carbons (Fsp3) is 0.417. The van der Waals surface area contributed by atoms with Crippen molar-refractivity contribution in [2.75, 3.05) is 23.2 Å². The zero-order chi connectivity index (χ0) is 14.5. The van der Waals surface area contributed by atoms with Crippen LogP contribution in [0, 0.1) is 5.82 Å². The van der Waals surface area contributed by atoms with Crippen molar-refractivity contribution in [1.29, 1.82) is 0 Å². The number of nitrogens with zero attached hydrogens (tertiary/aromatic N) is 1. The Hall–Kier alpha value is -1.63. The van der Waals surface area contributed by atoms with E-state index < -0.39 is 28.4 Å². The molecular formula is C12H16FNO4S. The minimum Gasteiger partial charge on any atom is -0.465 e. The number of hydrogen-bond acceptors (Lipinski definition) is 4. The molecule has 5 nitrogen and oxygen atoms in total. The van der Waals surface area contributed by atoms with Crippen molar-refractivity contribution in [2.24, 2.45) is 0 Å². The third kappa shape index (κ3) is 4.20. The Kier molecular flexibility index (Phi) is 5.29. The molecule has 0 aliphatic carbocycles. The van der Waals surface area contributed by atoms with Crippen LogP contribution in [0.2, 0.25) is 0 Å². The van der Waals surface area contributed by atoms with Gasteiger partial charge in [0.05, 0.1) is 18.0 Å². The van der Waals surface area contributed by atoms with Gasteiger partial charge in [-0.25, -0.2) is 12.8 Å². The number of carbonyl (C=O) groups excluding carboxylic acids is 1. The average molecular weight is 289 g/mol. The highest BCUT2D eigenvalue weighted by Crippen LogP contribution is 2.18. The van der Waals surface area contributed by atoms with Gasteiger partial charge < -0.3 is 4.74 Å². The van der Waals surface area contributed by atoms with Crippen molar-refractivity contribution < 1.29 is 22.3 Å². The molecule has 7 heteroatoms. The molecule has 0 unspecified atom stereocenters. The van der Waals surface area contributed by atoms with Crippen molar-refractivity contribution in [2.45, 2.75) is 13.8 Å². The number of rotatable bonds is 6. The van der Waals surface area contributed by atoms with Gasteiger partial charge in [-0.2, -0.15) is 0 Å². The Labute approximate surface area is 112 Å². The van der Waals surface area contributed by atoms with Gasteiger partial charge in [0.2, 0.25) is 10.0 Å². The second-order valence-electron chi connectivity index (χ2n) is 3.69. The zero-order valence-corrected chi connectivity index (χ0v) is 11.6. The van der Waals surface area contributed by atoms with E-state index in [1.807, 2.05) is 0 Å². The maximum atomic E-state index is 12.9. The molecule has 0 N–H and O–H groups in total. The molecule has 106 valence electrons. The summed E-state index contributed by atoms with van der Waals surface area (Å²) < 4.78 is 42.4. The van der Waals surface area contributed by atoms with E-state index in [1.54, 1.807) is 6.92 Å². The van der Waals surface area contributed by atoms with Crippen LogP contribution in [-0.2, 0) is 19.6 Å². The first-order valence-corrected chi connectivity index (χ1v) is 7.43. The van der Waals surface area contributed by atoms with Gasteiger partial charge in [-0.3, -0.25) is 9.10 Å². The molecule has 0 aromatic heterocycles. The van der Waals surface area contributed by atoms with E-state index in [0.717, 1.165) is 16.4 Å². The fourth-order valence-corrected chi connectivity index (χ4v) is 2.49. The number of ether oxygens (including phenoxy) is 1.